The second-order valence-corrected chi connectivity index (χ2v) is 6.56. The number of hydrogen-bond acceptors (Lipinski definition) is 4. The van der Waals surface area contributed by atoms with E-state index in [4.69, 9.17) is 0 Å². The number of rotatable bonds is 4. The molecule has 0 bridgehead atoms. The van der Waals surface area contributed by atoms with Crippen molar-refractivity contribution in [1.29, 1.82) is 0 Å². The molecular formula is C16H21N3O2. The molecule has 1 saturated carbocycles. The first-order valence-electron chi connectivity index (χ1n) is 7.48. The zero-order valence-electron chi connectivity index (χ0n) is 12.8. The largest absolute Gasteiger partial charge is 0.373 e. The van der Waals surface area contributed by atoms with Crippen molar-refractivity contribution in [2.24, 2.45) is 12.5 Å². The zero-order chi connectivity index (χ0) is 15.2. The van der Waals surface area contributed by atoms with E-state index in [0.29, 0.717) is 5.69 Å². The van der Waals surface area contributed by atoms with Crippen molar-refractivity contribution in [2.75, 3.05) is 5.32 Å². The molecule has 1 aromatic carbocycles. The van der Waals surface area contributed by atoms with Gasteiger partial charge in [0.05, 0.1) is 17.4 Å². The smallest absolute Gasteiger partial charge is 0.248 e. The Morgan fingerprint density at radius 3 is 2.48 bits per heavy atom. The van der Waals surface area contributed by atoms with Crippen LogP contribution in [0.5, 0.6) is 0 Å². The monoisotopic (exact) mass is 287 g/mol. The van der Waals surface area contributed by atoms with Crippen molar-refractivity contribution in [1.82, 2.24) is 9.78 Å². The van der Waals surface area contributed by atoms with Crippen molar-refractivity contribution in [3.63, 3.8) is 0 Å². The molecule has 1 aliphatic rings. The molecule has 0 saturated heterocycles. The van der Waals surface area contributed by atoms with Crippen LogP contribution in [0.1, 0.15) is 49.9 Å². The van der Waals surface area contributed by atoms with E-state index in [9.17, 15) is 9.59 Å². The minimum absolute atomic E-state index is 0.0236. The Bertz CT molecular complexity index is 731. The van der Waals surface area contributed by atoms with Gasteiger partial charge in [-0.3, -0.25) is 14.3 Å². The summed E-state index contributed by atoms with van der Waals surface area (Å²) in [5.41, 5.74) is 1.78. The van der Waals surface area contributed by atoms with E-state index in [-0.39, 0.29) is 11.5 Å². The van der Waals surface area contributed by atoms with Crippen LogP contribution in [0.2, 0.25) is 0 Å². The first-order chi connectivity index (χ1) is 9.90. The van der Waals surface area contributed by atoms with Crippen LogP contribution in [-0.2, 0) is 7.05 Å². The Labute approximate surface area is 123 Å². The van der Waals surface area contributed by atoms with E-state index in [2.05, 4.69) is 17.3 Å². The molecule has 1 heterocycles. The fraction of sp³-hybridized carbons (Fsp3) is 0.562. The van der Waals surface area contributed by atoms with Gasteiger partial charge in [0.2, 0.25) is 10.9 Å². The summed E-state index contributed by atoms with van der Waals surface area (Å²) in [6, 6.07) is 1.37. The maximum atomic E-state index is 11.6. The van der Waals surface area contributed by atoms with Crippen LogP contribution in [0.4, 0.5) is 5.69 Å². The highest BCUT2D eigenvalue weighted by Crippen LogP contribution is 2.48. The van der Waals surface area contributed by atoms with Gasteiger partial charge in [-0.15, -0.1) is 0 Å². The standard InChI is InChI=1S/C16H21N3O2/c1-10-9-19(3)18-13(10)15(16(2)6-4-5-7-16)17-11-8-12(20)14(11)21/h8-9,15,17H,4-7H2,1-3H3. The lowest BCUT2D eigenvalue weighted by Crippen LogP contribution is -2.37. The van der Waals surface area contributed by atoms with Gasteiger partial charge in [-0.05, 0) is 30.7 Å². The summed E-state index contributed by atoms with van der Waals surface area (Å²) >= 11 is 0. The van der Waals surface area contributed by atoms with Crippen LogP contribution < -0.4 is 16.2 Å². The third-order valence-corrected chi connectivity index (χ3v) is 4.81. The number of nitrogens with zero attached hydrogens (tertiary/aromatic N) is 2. The van der Waals surface area contributed by atoms with Gasteiger partial charge in [0.25, 0.3) is 0 Å². The maximum absolute atomic E-state index is 11.6. The summed E-state index contributed by atoms with van der Waals surface area (Å²) in [7, 11) is 1.90. The van der Waals surface area contributed by atoms with E-state index in [1.807, 2.05) is 20.2 Å². The summed E-state index contributed by atoms with van der Waals surface area (Å²) in [4.78, 5) is 22.8. The molecule has 0 aliphatic heterocycles. The van der Waals surface area contributed by atoms with Gasteiger partial charge in [0, 0.05) is 19.3 Å². The van der Waals surface area contributed by atoms with Crippen LogP contribution >= 0.6 is 0 Å². The molecule has 2 aromatic rings. The van der Waals surface area contributed by atoms with Crippen LogP contribution in [0, 0.1) is 12.3 Å². The molecule has 112 valence electrons. The number of anilines is 1. The van der Waals surface area contributed by atoms with Crippen LogP contribution in [0.25, 0.3) is 0 Å². The number of aryl methyl sites for hydroxylation is 2. The van der Waals surface area contributed by atoms with Crippen LogP contribution in [0.15, 0.2) is 21.9 Å². The molecule has 1 fully saturated rings. The van der Waals surface area contributed by atoms with E-state index in [1.54, 1.807) is 4.68 Å². The van der Waals surface area contributed by atoms with E-state index >= 15 is 0 Å². The lowest BCUT2D eigenvalue weighted by molar-refractivity contribution is 0.276. The Morgan fingerprint density at radius 2 is 2.00 bits per heavy atom. The highest BCUT2D eigenvalue weighted by atomic mass is 16.2. The van der Waals surface area contributed by atoms with Crippen molar-refractivity contribution >= 4 is 5.69 Å². The second kappa shape index (κ2) is 4.83. The molecule has 0 amide bonds. The molecule has 1 atom stereocenters. The average Bonchev–Trinajstić information content (AvgIpc) is 3.01. The third-order valence-electron chi connectivity index (χ3n) is 4.81. The Morgan fingerprint density at radius 1 is 1.33 bits per heavy atom. The Kier molecular flexibility index (Phi) is 3.23. The van der Waals surface area contributed by atoms with Crippen molar-refractivity contribution in [3.05, 3.63) is 44.0 Å². The van der Waals surface area contributed by atoms with Gasteiger partial charge >= 0.3 is 0 Å². The molecule has 5 heteroatoms. The van der Waals surface area contributed by atoms with E-state index in [0.717, 1.165) is 24.1 Å². The van der Waals surface area contributed by atoms with Crippen LogP contribution in [0.3, 0.4) is 0 Å². The van der Waals surface area contributed by atoms with Gasteiger partial charge in [-0.25, -0.2) is 0 Å². The number of aromatic nitrogens is 2. The summed E-state index contributed by atoms with van der Waals surface area (Å²) in [6.07, 6.45) is 6.61. The molecule has 1 N–H and O–H groups in total. The Balaban J connectivity index is 1.99. The van der Waals surface area contributed by atoms with Gasteiger partial charge in [0.15, 0.2) is 0 Å². The molecule has 5 nitrogen and oxygen atoms in total. The van der Waals surface area contributed by atoms with Gasteiger partial charge in [0.1, 0.15) is 0 Å². The second-order valence-electron chi connectivity index (χ2n) is 6.56. The van der Waals surface area contributed by atoms with Gasteiger partial charge < -0.3 is 5.32 Å². The van der Waals surface area contributed by atoms with Crippen LogP contribution in [-0.4, -0.2) is 9.78 Å². The first kappa shape index (κ1) is 14.0. The first-order valence-corrected chi connectivity index (χ1v) is 7.48. The predicted octanol–water partition coefficient (Wildman–Crippen LogP) is 2.06. The molecule has 1 aliphatic carbocycles. The maximum Gasteiger partial charge on any atom is 0.248 e. The van der Waals surface area contributed by atoms with Gasteiger partial charge in [-0.1, -0.05) is 19.8 Å². The van der Waals surface area contributed by atoms with Crippen molar-refractivity contribution in [3.8, 4) is 0 Å². The zero-order valence-corrected chi connectivity index (χ0v) is 12.8. The third kappa shape index (κ3) is 2.30. The number of hydrogen-bond donors (Lipinski definition) is 1. The SMILES string of the molecule is Cc1cn(C)nc1C(Nc1cc(=O)c1=O)C1(C)CCCC1. The molecule has 1 aromatic heterocycles. The quantitative estimate of drug-likeness (QED) is 0.874. The minimum Gasteiger partial charge on any atom is -0.373 e. The fourth-order valence-corrected chi connectivity index (χ4v) is 3.53. The summed E-state index contributed by atoms with van der Waals surface area (Å²) in [5.74, 6) is 0. The highest BCUT2D eigenvalue weighted by molar-refractivity contribution is 5.49. The number of nitrogens with one attached hydrogen (secondary N) is 1. The predicted molar refractivity (Wildman–Crippen MR) is 82.2 cm³/mol. The molecule has 0 radical (unpaired) electrons. The molecule has 0 spiro atoms. The topological polar surface area (TPSA) is 64.0 Å². The fourth-order valence-electron chi connectivity index (χ4n) is 3.53. The molecule has 3 rings (SSSR count). The highest BCUT2D eigenvalue weighted by Gasteiger charge is 2.40. The molecular weight excluding hydrogens is 266 g/mol. The Hall–Kier alpha value is -1.91. The summed E-state index contributed by atoms with van der Waals surface area (Å²) in [5, 5.41) is 7.89. The normalized spacial score (nSPS) is 19.0. The average molecular weight is 287 g/mol. The molecule has 21 heavy (non-hydrogen) atoms. The van der Waals surface area contributed by atoms with E-state index < -0.39 is 10.9 Å². The van der Waals surface area contributed by atoms with Gasteiger partial charge in [-0.2, -0.15) is 5.10 Å². The van der Waals surface area contributed by atoms with Crippen molar-refractivity contribution < 1.29 is 0 Å². The molecule has 1 unspecified atom stereocenters. The summed E-state index contributed by atoms with van der Waals surface area (Å²) in [6.45, 7) is 4.29. The lowest BCUT2D eigenvalue weighted by Gasteiger charge is -2.35. The minimum atomic E-state index is -0.412. The lowest BCUT2D eigenvalue weighted by atomic mass is 9.78. The summed E-state index contributed by atoms with van der Waals surface area (Å²) < 4.78 is 1.81. The van der Waals surface area contributed by atoms with E-state index in [1.165, 1.54) is 18.9 Å². The van der Waals surface area contributed by atoms with Crippen molar-refractivity contribution in [2.45, 2.75) is 45.6 Å².